The Labute approximate surface area is 249 Å². The molecule has 0 radical (unpaired) electrons. The summed E-state index contributed by atoms with van der Waals surface area (Å²) in [5.41, 5.74) is 3.12. The minimum atomic E-state index is -4.02. The number of halogens is 3. The largest absolute Gasteiger partial charge is 0.476 e. The van der Waals surface area contributed by atoms with Gasteiger partial charge in [-0.15, -0.1) is 16.5 Å². The lowest BCUT2D eigenvalue weighted by Gasteiger charge is -2.10. The van der Waals surface area contributed by atoms with Crippen LogP contribution in [0.15, 0.2) is 70.9 Å². The zero-order valence-electron chi connectivity index (χ0n) is 22.3. The second-order valence-electron chi connectivity index (χ2n) is 10.4. The van der Waals surface area contributed by atoms with Crippen LogP contribution >= 0.6 is 11.3 Å². The van der Waals surface area contributed by atoms with Gasteiger partial charge in [-0.2, -0.15) is 9.65 Å². The first-order chi connectivity index (χ1) is 20.5. The summed E-state index contributed by atoms with van der Waals surface area (Å²) in [7, 11) is -4.02. The minimum absolute atomic E-state index is 0.135. The summed E-state index contributed by atoms with van der Waals surface area (Å²) in [4.78, 5) is 15.3. The van der Waals surface area contributed by atoms with Gasteiger partial charge in [0.05, 0.1) is 11.4 Å². The van der Waals surface area contributed by atoms with Crippen LogP contribution in [0.1, 0.15) is 40.2 Å². The normalized spacial score (nSPS) is 14.5. The van der Waals surface area contributed by atoms with Gasteiger partial charge in [0.2, 0.25) is 10.0 Å². The molecule has 2 heterocycles. The number of aromatic carboxylic acids is 1. The van der Waals surface area contributed by atoms with Crippen LogP contribution in [0.25, 0.3) is 27.5 Å². The maximum atomic E-state index is 15.0. The lowest BCUT2D eigenvalue weighted by atomic mass is 9.95. The number of carboxylic acid groups (broad SMARTS) is 1. The fraction of sp³-hybridized carbons (Fsp3) is 0.167. The molecule has 1 saturated carbocycles. The van der Waals surface area contributed by atoms with Crippen molar-refractivity contribution in [2.45, 2.75) is 30.6 Å². The summed E-state index contributed by atoms with van der Waals surface area (Å²) in [6.45, 7) is 0. The molecule has 0 spiro atoms. The van der Waals surface area contributed by atoms with Crippen LogP contribution in [0.5, 0.6) is 0 Å². The summed E-state index contributed by atoms with van der Waals surface area (Å²) < 4.78 is 67.1. The average Bonchev–Trinajstić information content (AvgIpc) is 3.50. The molecule has 2 aromatic heterocycles. The molecule has 0 amide bonds. The zero-order chi connectivity index (χ0) is 30.5. The Morgan fingerprint density at radius 3 is 2.49 bits per heavy atom. The lowest BCUT2D eigenvalue weighted by molar-refractivity contribution is 0.0691. The van der Waals surface area contributed by atoms with E-state index in [0.29, 0.717) is 45.4 Å². The van der Waals surface area contributed by atoms with Crippen molar-refractivity contribution >= 4 is 27.7 Å². The quantitative estimate of drug-likeness (QED) is 0.160. The summed E-state index contributed by atoms with van der Waals surface area (Å²) in [5.74, 6) is -2.86. The number of nitrogens with zero attached hydrogens (tertiary/aromatic N) is 3. The van der Waals surface area contributed by atoms with E-state index in [4.69, 9.17) is 10.2 Å². The van der Waals surface area contributed by atoms with Crippen molar-refractivity contribution < 1.29 is 31.8 Å². The molecule has 1 unspecified atom stereocenters. The van der Waals surface area contributed by atoms with Crippen molar-refractivity contribution in [2.24, 2.45) is 11.1 Å². The summed E-state index contributed by atoms with van der Waals surface area (Å²) in [6, 6.07) is 13.7. The van der Waals surface area contributed by atoms with Crippen LogP contribution in [-0.2, 0) is 27.5 Å². The fourth-order valence-corrected chi connectivity index (χ4v) is 6.35. The lowest BCUT2D eigenvalue weighted by Crippen LogP contribution is -2.22. The van der Waals surface area contributed by atoms with Crippen molar-refractivity contribution in [1.29, 1.82) is 0 Å². The molecule has 6 rings (SSSR count). The molecular formula is C30H24F3N4O4S2+. The Bertz CT molecular complexity index is 1930. The van der Waals surface area contributed by atoms with Crippen molar-refractivity contribution in [1.82, 2.24) is 14.8 Å². The third kappa shape index (κ3) is 6.02. The Morgan fingerprint density at radius 2 is 1.84 bits per heavy atom. The number of carboxylic acids is 1. The number of rotatable bonds is 9. The second kappa shape index (κ2) is 11.2. The van der Waals surface area contributed by atoms with Gasteiger partial charge in [0.15, 0.2) is 11.5 Å². The van der Waals surface area contributed by atoms with Crippen LogP contribution in [0.2, 0.25) is 0 Å². The second-order valence-corrected chi connectivity index (χ2v) is 12.8. The Morgan fingerprint density at radius 1 is 1.05 bits per heavy atom. The van der Waals surface area contributed by atoms with E-state index < -0.39 is 38.7 Å². The smallest absolute Gasteiger partial charge is 0.355 e. The molecule has 0 aliphatic heterocycles. The number of benzene rings is 3. The molecule has 1 aliphatic carbocycles. The predicted octanol–water partition coefficient (Wildman–Crippen LogP) is 6.53. The fourth-order valence-electron chi connectivity index (χ4n) is 4.97. The molecule has 220 valence electrons. The van der Waals surface area contributed by atoms with Gasteiger partial charge in [0, 0.05) is 34.6 Å². The maximum Gasteiger partial charge on any atom is 0.355 e. The SMILES string of the molecule is N[S+](=O)(O)c1ccc(Cc2c(-c3ccc(F)c(-c4cccc(F)c4)c3)nn(-c3nc(C(=O)O)cs3)c2CC2CC2)cc1F. The molecule has 1 atom stereocenters. The van der Waals surface area contributed by atoms with Crippen molar-refractivity contribution in [3.63, 3.8) is 0 Å². The van der Waals surface area contributed by atoms with Gasteiger partial charge in [-0.25, -0.2) is 27.6 Å². The monoisotopic (exact) mass is 625 g/mol. The number of thiazole rings is 1. The van der Waals surface area contributed by atoms with Crippen molar-refractivity contribution in [3.8, 4) is 27.5 Å². The first kappa shape index (κ1) is 28.9. The van der Waals surface area contributed by atoms with E-state index >= 15 is 4.39 Å². The number of carbonyl (C=O) groups is 1. The van der Waals surface area contributed by atoms with E-state index in [1.165, 1.54) is 35.7 Å². The molecule has 8 nitrogen and oxygen atoms in total. The number of nitrogens with two attached hydrogens (primary N) is 1. The van der Waals surface area contributed by atoms with E-state index in [2.05, 4.69) is 4.98 Å². The minimum Gasteiger partial charge on any atom is -0.476 e. The number of hydrogen-bond acceptors (Lipinski definition) is 5. The number of aromatic nitrogens is 3. The van der Waals surface area contributed by atoms with E-state index in [0.717, 1.165) is 42.0 Å². The maximum absolute atomic E-state index is 15.0. The number of hydrogen-bond donors (Lipinski definition) is 3. The van der Waals surface area contributed by atoms with Gasteiger partial charge >= 0.3 is 16.4 Å². The predicted molar refractivity (Wildman–Crippen MR) is 156 cm³/mol. The van der Waals surface area contributed by atoms with Gasteiger partial charge in [-0.05, 0) is 76.9 Å². The summed E-state index contributed by atoms with van der Waals surface area (Å²) >= 11 is 1.10. The first-order valence-electron chi connectivity index (χ1n) is 13.2. The Kier molecular flexibility index (Phi) is 7.50. The molecule has 43 heavy (non-hydrogen) atoms. The highest BCUT2D eigenvalue weighted by Crippen LogP contribution is 2.39. The van der Waals surface area contributed by atoms with Crippen LogP contribution in [0.3, 0.4) is 0 Å². The van der Waals surface area contributed by atoms with Crippen LogP contribution in [-0.4, -0.2) is 30.4 Å². The van der Waals surface area contributed by atoms with E-state index in [-0.39, 0.29) is 17.7 Å². The van der Waals surface area contributed by atoms with Gasteiger partial charge in [0.25, 0.3) is 0 Å². The molecule has 3 aromatic carbocycles. The molecule has 0 saturated heterocycles. The molecule has 4 N–H and O–H groups in total. The average molecular weight is 626 g/mol. The topological polar surface area (TPSA) is 131 Å². The molecule has 1 fully saturated rings. The molecule has 13 heteroatoms. The van der Waals surface area contributed by atoms with E-state index in [1.54, 1.807) is 22.9 Å². The van der Waals surface area contributed by atoms with Crippen molar-refractivity contribution in [2.75, 3.05) is 0 Å². The summed E-state index contributed by atoms with van der Waals surface area (Å²) in [5, 5.41) is 21.3. The molecule has 1 aliphatic rings. The van der Waals surface area contributed by atoms with Gasteiger partial charge < -0.3 is 5.11 Å². The Balaban J connectivity index is 1.54. The first-order valence-corrected chi connectivity index (χ1v) is 15.6. The molecule has 0 bridgehead atoms. The van der Waals surface area contributed by atoms with Gasteiger partial charge in [-0.3, -0.25) is 0 Å². The van der Waals surface area contributed by atoms with Crippen LogP contribution in [0.4, 0.5) is 13.2 Å². The highest BCUT2D eigenvalue weighted by molar-refractivity contribution is 7.95. The third-order valence-corrected chi connectivity index (χ3v) is 9.01. The van der Waals surface area contributed by atoms with Gasteiger partial charge in [0.1, 0.15) is 11.6 Å². The van der Waals surface area contributed by atoms with Gasteiger partial charge in [-0.1, -0.05) is 18.2 Å². The third-order valence-electron chi connectivity index (χ3n) is 7.23. The van der Waals surface area contributed by atoms with Crippen LogP contribution in [0, 0.1) is 23.4 Å². The Hall–Kier alpha value is -4.17. The van der Waals surface area contributed by atoms with Crippen LogP contribution < -0.4 is 5.14 Å². The summed E-state index contributed by atoms with van der Waals surface area (Å²) in [6.07, 6.45) is 2.69. The standard InChI is InChI=1S/C30H23F3N4O4S2/c31-20-3-1-2-18(13-20)21-14-19(7-8-23(21)32)28-22(10-17-6-9-27(24(33)11-17)43(34,40)41)26(12-16-4-5-16)37(36-28)30-35-25(15-42-30)29(38)39/h1-3,6-9,11,13-16H,4-5,10,12H2,(H3-,34,38,39,40,41)/p+1. The molecule has 5 aromatic rings. The highest BCUT2D eigenvalue weighted by Gasteiger charge is 2.31. The van der Waals surface area contributed by atoms with E-state index in [9.17, 15) is 27.4 Å². The van der Waals surface area contributed by atoms with E-state index in [1.807, 2.05) is 0 Å². The zero-order valence-corrected chi connectivity index (χ0v) is 24.0. The highest BCUT2D eigenvalue weighted by atomic mass is 32.3. The van der Waals surface area contributed by atoms with Crippen molar-refractivity contribution in [3.05, 3.63) is 106 Å². The molecular weight excluding hydrogens is 601 g/mol.